The van der Waals surface area contributed by atoms with E-state index in [1.807, 2.05) is 32.0 Å². The molecule has 0 aliphatic carbocycles. The number of benzene rings is 2. The van der Waals surface area contributed by atoms with Crippen LogP contribution in [0.4, 0.5) is 5.69 Å². The average molecular weight is 355 g/mol. The molecule has 0 bridgehead atoms. The molecule has 0 saturated carbocycles. The first-order valence-electron chi connectivity index (χ1n) is 8.02. The summed E-state index contributed by atoms with van der Waals surface area (Å²) >= 11 is 0. The quantitative estimate of drug-likeness (QED) is 0.716. The van der Waals surface area contributed by atoms with Gasteiger partial charge in [-0.05, 0) is 49.2 Å². The number of hydrogen-bond acceptors (Lipinski definition) is 4. The van der Waals surface area contributed by atoms with Crippen LogP contribution in [0.15, 0.2) is 42.5 Å². The summed E-state index contributed by atoms with van der Waals surface area (Å²) < 4.78 is 5.47. The summed E-state index contributed by atoms with van der Waals surface area (Å²) in [6, 6.07) is 12.1. The lowest BCUT2D eigenvalue weighted by Gasteiger charge is -2.11. The number of hydrogen-bond donors (Lipinski definition) is 3. The number of nitrogens with one attached hydrogen (secondary N) is 3. The molecular formula is C19H21N3O4. The normalized spacial score (nSPS) is 9.96. The van der Waals surface area contributed by atoms with Crippen molar-refractivity contribution in [1.82, 2.24) is 10.9 Å². The van der Waals surface area contributed by atoms with Gasteiger partial charge in [-0.1, -0.05) is 18.2 Å². The van der Waals surface area contributed by atoms with Crippen molar-refractivity contribution in [1.29, 1.82) is 0 Å². The van der Waals surface area contributed by atoms with E-state index < -0.39 is 11.8 Å². The first kappa shape index (κ1) is 19.0. The van der Waals surface area contributed by atoms with Crippen molar-refractivity contribution < 1.29 is 19.1 Å². The van der Waals surface area contributed by atoms with Gasteiger partial charge in [-0.15, -0.1) is 0 Å². The van der Waals surface area contributed by atoms with Crippen LogP contribution in [0.2, 0.25) is 0 Å². The van der Waals surface area contributed by atoms with Crippen LogP contribution >= 0.6 is 0 Å². The van der Waals surface area contributed by atoms with E-state index in [2.05, 4.69) is 16.2 Å². The van der Waals surface area contributed by atoms with Crippen LogP contribution in [0, 0.1) is 13.8 Å². The van der Waals surface area contributed by atoms with E-state index in [-0.39, 0.29) is 12.5 Å². The molecule has 7 nitrogen and oxygen atoms in total. The Balaban J connectivity index is 1.86. The van der Waals surface area contributed by atoms with Gasteiger partial charge in [0, 0.05) is 18.2 Å². The van der Waals surface area contributed by atoms with Gasteiger partial charge in [0.25, 0.3) is 11.8 Å². The highest BCUT2D eigenvalue weighted by molar-refractivity contribution is 5.97. The fourth-order valence-corrected chi connectivity index (χ4v) is 2.18. The largest absolute Gasteiger partial charge is 0.483 e. The zero-order chi connectivity index (χ0) is 19.1. The molecule has 0 aromatic heterocycles. The lowest BCUT2D eigenvalue weighted by Crippen LogP contribution is -2.43. The number of ether oxygens (including phenoxy) is 1. The second-order valence-electron chi connectivity index (χ2n) is 5.82. The van der Waals surface area contributed by atoms with E-state index in [9.17, 15) is 14.4 Å². The summed E-state index contributed by atoms with van der Waals surface area (Å²) in [4.78, 5) is 35.0. The molecule has 0 fully saturated rings. The molecule has 0 aliphatic rings. The number of amides is 3. The number of aryl methyl sites for hydroxylation is 2. The maximum Gasteiger partial charge on any atom is 0.276 e. The number of carbonyl (C=O) groups excluding carboxylic acids is 3. The summed E-state index contributed by atoms with van der Waals surface area (Å²) in [7, 11) is 0. The van der Waals surface area contributed by atoms with Gasteiger partial charge in [0.1, 0.15) is 5.75 Å². The Labute approximate surface area is 151 Å². The van der Waals surface area contributed by atoms with Crippen molar-refractivity contribution in [3.05, 3.63) is 59.2 Å². The lowest BCUT2D eigenvalue weighted by atomic mass is 10.1. The number of hydrazine groups is 1. The van der Waals surface area contributed by atoms with Crippen LogP contribution in [0.1, 0.15) is 28.4 Å². The molecule has 0 saturated heterocycles. The third-order valence-corrected chi connectivity index (χ3v) is 3.46. The van der Waals surface area contributed by atoms with Gasteiger partial charge < -0.3 is 10.1 Å². The monoisotopic (exact) mass is 355 g/mol. The van der Waals surface area contributed by atoms with Gasteiger partial charge in [0.05, 0.1) is 0 Å². The van der Waals surface area contributed by atoms with E-state index >= 15 is 0 Å². The zero-order valence-electron chi connectivity index (χ0n) is 14.9. The third kappa shape index (κ3) is 5.62. The first-order valence-corrected chi connectivity index (χ1v) is 8.02. The van der Waals surface area contributed by atoms with Crippen molar-refractivity contribution in [3.8, 4) is 5.75 Å². The molecule has 26 heavy (non-hydrogen) atoms. The summed E-state index contributed by atoms with van der Waals surface area (Å²) in [5.74, 6) is -0.608. The van der Waals surface area contributed by atoms with Crippen LogP contribution in [-0.4, -0.2) is 24.3 Å². The average Bonchev–Trinajstić information content (AvgIpc) is 2.60. The molecule has 136 valence electrons. The smallest absolute Gasteiger partial charge is 0.276 e. The maximum absolute atomic E-state index is 12.1. The second kappa shape index (κ2) is 8.66. The molecule has 0 unspecified atom stereocenters. The van der Waals surface area contributed by atoms with E-state index in [0.29, 0.717) is 17.0 Å². The van der Waals surface area contributed by atoms with Crippen molar-refractivity contribution >= 4 is 23.4 Å². The standard InChI is InChI=1S/C19H21N3O4/c1-12-7-8-13(2)17(9-12)26-11-18(24)21-22-19(25)15-5-4-6-16(10-15)20-14(3)23/h4-10H,11H2,1-3H3,(H,20,23)(H,21,24)(H,22,25). The molecule has 2 rings (SSSR count). The van der Waals surface area contributed by atoms with Gasteiger partial charge in [-0.3, -0.25) is 25.2 Å². The van der Waals surface area contributed by atoms with E-state index in [0.717, 1.165) is 11.1 Å². The molecule has 7 heteroatoms. The van der Waals surface area contributed by atoms with Crippen molar-refractivity contribution in [2.45, 2.75) is 20.8 Å². The van der Waals surface area contributed by atoms with Crippen LogP contribution in [0.5, 0.6) is 5.75 Å². The SMILES string of the molecule is CC(=O)Nc1cccc(C(=O)NNC(=O)COc2cc(C)ccc2C)c1. The molecule has 0 radical (unpaired) electrons. The number of carbonyl (C=O) groups is 3. The summed E-state index contributed by atoms with van der Waals surface area (Å²) in [5, 5.41) is 2.59. The fraction of sp³-hybridized carbons (Fsp3) is 0.211. The highest BCUT2D eigenvalue weighted by Gasteiger charge is 2.10. The summed E-state index contributed by atoms with van der Waals surface area (Å²) in [6.07, 6.45) is 0. The van der Waals surface area contributed by atoms with E-state index in [1.54, 1.807) is 18.2 Å². The first-order chi connectivity index (χ1) is 12.3. The van der Waals surface area contributed by atoms with E-state index in [1.165, 1.54) is 13.0 Å². The van der Waals surface area contributed by atoms with Gasteiger partial charge in [0.15, 0.2) is 6.61 Å². The maximum atomic E-state index is 12.1. The minimum Gasteiger partial charge on any atom is -0.483 e. The molecule has 0 heterocycles. The Morgan fingerprint density at radius 1 is 1.00 bits per heavy atom. The Hall–Kier alpha value is -3.35. The Morgan fingerprint density at radius 2 is 1.77 bits per heavy atom. The molecule has 0 spiro atoms. The van der Waals surface area contributed by atoms with Crippen molar-refractivity contribution in [2.75, 3.05) is 11.9 Å². The molecular weight excluding hydrogens is 334 g/mol. The topological polar surface area (TPSA) is 96.5 Å². The van der Waals surface area contributed by atoms with Gasteiger partial charge in [-0.25, -0.2) is 0 Å². The van der Waals surface area contributed by atoms with Gasteiger partial charge in [0.2, 0.25) is 5.91 Å². The summed E-state index contributed by atoms with van der Waals surface area (Å²) in [6.45, 7) is 4.97. The molecule has 0 aliphatic heterocycles. The second-order valence-corrected chi connectivity index (χ2v) is 5.82. The molecule has 3 amide bonds. The minimum atomic E-state index is -0.503. The zero-order valence-corrected chi connectivity index (χ0v) is 14.9. The number of anilines is 1. The van der Waals surface area contributed by atoms with Crippen molar-refractivity contribution in [3.63, 3.8) is 0 Å². The molecule has 2 aromatic carbocycles. The predicted molar refractivity (Wildman–Crippen MR) is 97.8 cm³/mol. The lowest BCUT2D eigenvalue weighted by molar-refractivity contribution is -0.123. The summed E-state index contributed by atoms with van der Waals surface area (Å²) in [5.41, 5.74) is 7.34. The highest BCUT2D eigenvalue weighted by atomic mass is 16.5. The molecule has 2 aromatic rings. The molecule has 0 atom stereocenters. The van der Waals surface area contributed by atoms with Gasteiger partial charge >= 0.3 is 0 Å². The van der Waals surface area contributed by atoms with Crippen LogP contribution in [0.25, 0.3) is 0 Å². The highest BCUT2D eigenvalue weighted by Crippen LogP contribution is 2.18. The third-order valence-electron chi connectivity index (χ3n) is 3.46. The Morgan fingerprint density at radius 3 is 2.50 bits per heavy atom. The van der Waals surface area contributed by atoms with Gasteiger partial charge in [-0.2, -0.15) is 0 Å². The Kier molecular flexibility index (Phi) is 6.32. The van der Waals surface area contributed by atoms with Crippen LogP contribution in [-0.2, 0) is 9.59 Å². The van der Waals surface area contributed by atoms with Crippen molar-refractivity contribution in [2.24, 2.45) is 0 Å². The predicted octanol–water partition coefficient (Wildman–Crippen LogP) is 2.10. The molecule has 3 N–H and O–H groups in total. The van der Waals surface area contributed by atoms with Crippen LogP contribution < -0.4 is 20.9 Å². The van der Waals surface area contributed by atoms with Crippen LogP contribution in [0.3, 0.4) is 0 Å². The minimum absolute atomic E-state index is 0.226. The fourth-order valence-electron chi connectivity index (χ4n) is 2.18. The Bertz CT molecular complexity index is 833. The van der Waals surface area contributed by atoms with E-state index in [4.69, 9.17) is 4.74 Å². The number of rotatable bonds is 5.